The van der Waals surface area contributed by atoms with E-state index in [4.69, 9.17) is 18.9 Å². The first kappa shape index (κ1) is 32.1. The summed E-state index contributed by atoms with van der Waals surface area (Å²) in [6.07, 6.45) is 2.28. The Kier molecular flexibility index (Phi) is 10.0. The number of aryl methyl sites for hydroxylation is 1. The van der Waals surface area contributed by atoms with Gasteiger partial charge in [0.15, 0.2) is 11.5 Å². The van der Waals surface area contributed by atoms with Crippen LogP contribution in [0.2, 0.25) is 0 Å². The van der Waals surface area contributed by atoms with Gasteiger partial charge in [-0.3, -0.25) is 14.4 Å². The van der Waals surface area contributed by atoms with E-state index < -0.39 is 12.1 Å². The highest BCUT2D eigenvalue weighted by atomic mass is 16.5. The second kappa shape index (κ2) is 14.7. The summed E-state index contributed by atoms with van der Waals surface area (Å²) in [5.74, 6) is 1.17. The molecule has 4 bridgehead atoms. The molecule has 3 amide bonds. The van der Waals surface area contributed by atoms with E-state index in [9.17, 15) is 14.4 Å². The second-order valence-corrected chi connectivity index (χ2v) is 11.9. The average Bonchev–Trinajstić information content (AvgIpc) is 3.68. The third kappa shape index (κ3) is 7.75. The number of rotatable bonds is 6. The summed E-state index contributed by atoms with van der Waals surface area (Å²) in [6.45, 7) is 1.29. The lowest BCUT2D eigenvalue weighted by atomic mass is 10.1. The smallest absolute Gasteiger partial charge is 0.239 e. The van der Waals surface area contributed by atoms with Crippen LogP contribution in [0.5, 0.6) is 17.2 Å². The number of likely N-dealkylation sites (tertiary alicyclic amines) is 1. The Balaban J connectivity index is 1.25. The topological polar surface area (TPSA) is 122 Å². The number of ether oxygens (including phenoxy) is 4. The van der Waals surface area contributed by atoms with Crippen molar-refractivity contribution in [2.24, 2.45) is 0 Å². The van der Waals surface area contributed by atoms with E-state index >= 15 is 0 Å². The number of hydrogen-bond acceptors (Lipinski definition) is 7. The van der Waals surface area contributed by atoms with Crippen LogP contribution in [0.15, 0.2) is 72.9 Å². The monoisotopic (exact) mass is 640 g/mol. The first-order chi connectivity index (χ1) is 22.9. The summed E-state index contributed by atoms with van der Waals surface area (Å²) in [6, 6.07) is 20.6. The highest BCUT2D eigenvalue weighted by Gasteiger charge is 2.37. The number of aromatic nitrogens is 1. The fourth-order valence-electron chi connectivity index (χ4n) is 6.15. The number of nitrogens with one attached hydrogen (secondary N) is 2. The minimum atomic E-state index is -0.464. The molecule has 11 nitrogen and oxygen atoms in total. The summed E-state index contributed by atoms with van der Waals surface area (Å²) in [7, 11) is 3.14. The Bertz CT molecular complexity index is 1740. The van der Waals surface area contributed by atoms with Crippen molar-refractivity contribution >= 4 is 28.6 Å². The number of carbonyl (C=O) groups is 3. The molecule has 0 saturated carbocycles. The predicted molar refractivity (Wildman–Crippen MR) is 175 cm³/mol. The molecular weight excluding hydrogens is 600 g/mol. The van der Waals surface area contributed by atoms with Crippen LogP contribution in [-0.2, 0) is 43.3 Å². The third-order valence-corrected chi connectivity index (χ3v) is 8.68. The minimum absolute atomic E-state index is 0.0542. The average molecular weight is 641 g/mol. The molecule has 2 atom stereocenters. The molecule has 47 heavy (non-hydrogen) atoms. The van der Waals surface area contributed by atoms with Crippen LogP contribution in [0, 0.1) is 0 Å². The van der Waals surface area contributed by atoms with Gasteiger partial charge < -0.3 is 39.0 Å². The number of nitrogens with zero attached hydrogens (tertiary/aromatic N) is 2. The number of para-hydroxylation sites is 1. The maximum Gasteiger partial charge on any atom is 0.239 e. The summed E-state index contributed by atoms with van der Waals surface area (Å²) in [4.78, 5) is 46.8. The Hall–Kier alpha value is -4.87. The van der Waals surface area contributed by atoms with Gasteiger partial charge in [-0.25, -0.2) is 0 Å². The lowest BCUT2D eigenvalue weighted by Gasteiger charge is -2.25. The Morgan fingerprint density at radius 1 is 0.979 bits per heavy atom. The molecule has 0 spiro atoms. The summed E-state index contributed by atoms with van der Waals surface area (Å²) < 4.78 is 23.4. The van der Waals surface area contributed by atoms with Crippen molar-refractivity contribution < 1.29 is 33.3 Å². The van der Waals surface area contributed by atoms with Gasteiger partial charge in [0.25, 0.3) is 0 Å². The highest BCUT2D eigenvalue weighted by Crippen LogP contribution is 2.33. The normalized spacial score (nSPS) is 19.0. The molecule has 3 heterocycles. The molecule has 1 saturated heterocycles. The molecule has 1 fully saturated rings. The molecule has 2 aliphatic heterocycles. The Morgan fingerprint density at radius 3 is 2.70 bits per heavy atom. The van der Waals surface area contributed by atoms with E-state index in [1.54, 1.807) is 19.1 Å². The molecule has 4 aromatic rings. The third-order valence-electron chi connectivity index (χ3n) is 8.68. The first-order valence-corrected chi connectivity index (χ1v) is 15.8. The van der Waals surface area contributed by atoms with E-state index in [0.29, 0.717) is 43.4 Å². The number of aromatic amines is 1. The molecule has 1 aromatic heterocycles. The van der Waals surface area contributed by atoms with Crippen molar-refractivity contribution in [1.82, 2.24) is 20.1 Å². The SMILES string of the molecule is COCCN1CC(=O)N[C@H]2CN(C(=O)Cc3c[nH]c4ccccc34)C[C@@H]2OCc2cccc(c2)Oc2cc(ccc2OC)CCC1=O. The molecule has 11 heteroatoms. The van der Waals surface area contributed by atoms with Crippen molar-refractivity contribution in [2.45, 2.75) is 38.0 Å². The van der Waals surface area contributed by atoms with Crippen molar-refractivity contribution in [3.8, 4) is 17.2 Å². The van der Waals surface area contributed by atoms with Crippen molar-refractivity contribution in [3.05, 3.63) is 89.6 Å². The maximum atomic E-state index is 13.6. The number of hydrogen-bond donors (Lipinski definition) is 2. The van der Waals surface area contributed by atoms with Crippen LogP contribution in [0.4, 0.5) is 0 Å². The molecule has 246 valence electrons. The first-order valence-electron chi connectivity index (χ1n) is 15.8. The van der Waals surface area contributed by atoms with Crippen LogP contribution in [-0.4, -0.2) is 91.7 Å². The fourth-order valence-corrected chi connectivity index (χ4v) is 6.15. The maximum absolute atomic E-state index is 13.6. The van der Waals surface area contributed by atoms with Crippen LogP contribution < -0.4 is 14.8 Å². The van der Waals surface area contributed by atoms with Gasteiger partial charge in [0.1, 0.15) is 5.75 Å². The molecule has 2 N–H and O–H groups in total. The molecule has 2 aliphatic rings. The summed E-state index contributed by atoms with van der Waals surface area (Å²) in [5, 5.41) is 4.08. The number of H-pyrrole nitrogens is 1. The van der Waals surface area contributed by atoms with Gasteiger partial charge in [0, 0.05) is 50.3 Å². The number of carbonyl (C=O) groups excluding carboxylic acids is 3. The molecule has 6 rings (SSSR count). The largest absolute Gasteiger partial charge is 0.493 e. The van der Waals surface area contributed by atoms with E-state index in [1.165, 1.54) is 4.90 Å². The van der Waals surface area contributed by atoms with Gasteiger partial charge in [0.2, 0.25) is 17.7 Å². The van der Waals surface area contributed by atoms with Crippen LogP contribution in [0.3, 0.4) is 0 Å². The number of benzene rings is 3. The fraction of sp³-hybridized carbons (Fsp3) is 0.361. The van der Waals surface area contributed by atoms with Gasteiger partial charge in [-0.1, -0.05) is 36.4 Å². The zero-order valence-electron chi connectivity index (χ0n) is 26.7. The van der Waals surface area contributed by atoms with Gasteiger partial charge in [-0.15, -0.1) is 0 Å². The summed E-state index contributed by atoms with van der Waals surface area (Å²) in [5.41, 5.74) is 3.67. The lowest BCUT2D eigenvalue weighted by molar-refractivity contribution is -0.137. The van der Waals surface area contributed by atoms with E-state index in [0.717, 1.165) is 27.6 Å². The van der Waals surface area contributed by atoms with E-state index in [-0.39, 0.29) is 50.3 Å². The quantitative estimate of drug-likeness (QED) is 0.329. The minimum Gasteiger partial charge on any atom is -0.493 e. The number of amides is 3. The number of methoxy groups -OCH3 is 2. The van der Waals surface area contributed by atoms with Gasteiger partial charge in [0.05, 0.1) is 45.4 Å². The molecular formula is C36H40N4O7. The highest BCUT2D eigenvalue weighted by molar-refractivity contribution is 5.89. The Labute approximate surface area is 273 Å². The van der Waals surface area contributed by atoms with Gasteiger partial charge in [-0.05, 0) is 53.4 Å². The van der Waals surface area contributed by atoms with Crippen LogP contribution in [0.1, 0.15) is 23.1 Å². The standard InChI is InChI=1S/C36H40N4O7/c1-44-15-14-39-22-34(41)38-30-20-40(36(43)18-26-19-37-29-9-4-3-8-28(26)29)21-33(30)46-23-25-6-5-7-27(16-25)47-32-17-24(11-13-35(39)42)10-12-31(32)45-2/h3-10,12,16-17,19,30,33,37H,11,13-15,18,20-23H2,1-2H3,(H,38,41)/t30-,33-/m0/s1. The second-order valence-electron chi connectivity index (χ2n) is 11.9. The molecule has 0 radical (unpaired) electrons. The zero-order chi connectivity index (χ0) is 32.8. The van der Waals surface area contributed by atoms with Crippen molar-refractivity contribution in [3.63, 3.8) is 0 Å². The van der Waals surface area contributed by atoms with Crippen LogP contribution in [0.25, 0.3) is 10.9 Å². The zero-order valence-corrected chi connectivity index (χ0v) is 26.7. The summed E-state index contributed by atoms with van der Waals surface area (Å²) >= 11 is 0. The molecule has 0 unspecified atom stereocenters. The van der Waals surface area contributed by atoms with Crippen molar-refractivity contribution in [2.75, 3.05) is 47.0 Å². The lowest BCUT2D eigenvalue weighted by Crippen LogP contribution is -2.49. The van der Waals surface area contributed by atoms with E-state index in [1.807, 2.05) is 72.9 Å². The number of fused-ring (bicyclic) bond motifs is 6. The van der Waals surface area contributed by atoms with Crippen molar-refractivity contribution in [1.29, 1.82) is 0 Å². The Morgan fingerprint density at radius 2 is 1.85 bits per heavy atom. The molecule has 3 aromatic carbocycles. The molecule has 0 aliphatic carbocycles. The predicted octanol–water partition coefficient (Wildman–Crippen LogP) is 3.84. The van der Waals surface area contributed by atoms with Gasteiger partial charge in [-0.2, -0.15) is 0 Å². The van der Waals surface area contributed by atoms with Crippen LogP contribution >= 0.6 is 0 Å². The van der Waals surface area contributed by atoms with Gasteiger partial charge >= 0.3 is 0 Å². The van der Waals surface area contributed by atoms with E-state index in [2.05, 4.69) is 10.3 Å².